The Balaban J connectivity index is 0.00000196. The molecule has 4 rings (SSSR count). The van der Waals surface area contributed by atoms with Crippen LogP contribution in [0.15, 0.2) is 55.0 Å². The van der Waals surface area contributed by atoms with Crippen LogP contribution in [0.25, 0.3) is 10.9 Å². The quantitative estimate of drug-likeness (QED) is 0.741. The van der Waals surface area contributed by atoms with Crippen molar-refractivity contribution in [1.82, 2.24) is 14.3 Å². The lowest BCUT2D eigenvalue weighted by Gasteiger charge is -2.22. The van der Waals surface area contributed by atoms with E-state index in [1.165, 1.54) is 3.97 Å². The summed E-state index contributed by atoms with van der Waals surface area (Å²) in [5.74, 6) is 0.368. The van der Waals surface area contributed by atoms with Crippen LogP contribution in [0.5, 0.6) is 0 Å². The maximum absolute atomic E-state index is 13.0. The molecule has 0 unspecified atom stereocenters. The minimum atomic E-state index is -3.48. The second-order valence-electron chi connectivity index (χ2n) is 6.54. The first kappa shape index (κ1) is 18.9. The molecule has 0 saturated carbocycles. The Morgan fingerprint density at radius 2 is 1.85 bits per heavy atom. The number of nitrogens with zero attached hydrogens (tertiary/aromatic N) is 2. The smallest absolute Gasteiger partial charge is 0.243 e. The Morgan fingerprint density at radius 1 is 1.12 bits per heavy atom. The van der Waals surface area contributed by atoms with Crippen LogP contribution in [0.3, 0.4) is 0 Å². The van der Waals surface area contributed by atoms with Crippen molar-refractivity contribution in [3.05, 3.63) is 66.1 Å². The van der Waals surface area contributed by atoms with Crippen LogP contribution < -0.4 is 5.32 Å². The fourth-order valence-corrected chi connectivity index (χ4v) is 5.10. The predicted molar refractivity (Wildman–Crippen MR) is 106 cm³/mol. The van der Waals surface area contributed by atoms with Crippen LogP contribution >= 0.6 is 12.4 Å². The fraction of sp³-hybridized carbons (Fsp3) is 0.316. The third-order valence-corrected chi connectivity index (χ3v) is 6.47. The van der Waals surface area contributed by atoms with E-state index in [1.54, 1.807) is 18.5 Å². The summed E-state index contributed by atoms with van der Waals surface area (Å²) >= 11 is 0. The Morgan fingerprint density at radius 3 is 2.58 bits per heavy atom. The van der Waals surface area contributed by atoms with Crippen molar-refractivity contribution in [2.75, 3.05) is 13.1 Å². The van der Waals surface area contributed by atoms with Crippen LogP contribution in [0, 0.1) is 0 Å². The molecule has 0 spiro atoms. The summed E-state index contributed by atoms with van der Waals surface area (Å²) in [7, 11) is -3.48. The Hall–Kier alpha value is -1.89. The van der Waals surface area contributed by atoms with E-state index in [4.69, 9.17) is 0 Å². The highest BCUT2D eigenvalue weighted by molar-refractivity contribution is 7.89. The summed E-state index contributed by atoms with van der Waals surface area (Å²) < 4.78 is 27.5. The van der Waals surface area contributed by atoms with Crippen molar-refractivity contribution in [1.29, 1.82) is 0 Å². The van der Waals surface area contributed by atoms with Gasteiger partial charge in [-0.3, -0.25) is 4.98 Å². The zero-order valence-corrected chi connectivity index (χ0v) is 16.0. The largest absolute Gasteiger partial charge is 0.317 e. The molecule has 2 aromatic heterocycles. The van der Waals surface area contributed by atoms with Gasteiger partial charge in [-0.05, 0) is 49.0 Å². The topological polar surface area (TPSA) is 64.0 Å². The first-order valence-corrected chi connectivity index (χ1v) is 10.2. The predicted octanol–water partition coefficient (Wildman–Crippen LogP) is 3.30. The van der Waals surface area contributed by atoms with Gasteiger partial charge < -0.3 is 5.32 Å². The average Bonchev–Trinajstić information content (AvgIpc) is 3.04. The second-order valence-corrected chi connectivity index (χ2v) is 8.39. The van der Waals surface area contributed by atoms with Crippen LogP contribution in [0.2, 0.25) is 0 Å². The molecule has 5 nitrogen and oxygen atoms in total. The molecule has 138 valence electrons. The number of halogens is 1. The molecule has 0 radical (unpaired) electrons. The summed E-state index contributed by atoms with van der Waals surface area (Å²) in [5.41, 5.74) is 2.61. The number of nitrogens with one attached hydrogen (secondary N) is 1. The van der Waals surface area contributed by atoms with E-state index in [0.717, 1.165) is 48.0 Å². The van der Waals surface area contributed by atoms with E-state index in [-0.39, 0.29) is 18.2 Å². The third-order valence-electron chi connectivity index (χ3n) is 4.87. The zero-order chi connectivity index (χ0) is 17.3. The number of aromatic nitrogens is 2. The first-order valence-electron chi connectivity index (χ1n) is 8.58. The molecule has 1 N–H and O–H groups in total. The molecule has 0 bridgehead atoms. The van der Waals surface area contributed by atoms with E-state index >= 15 is 0 Å². The lowest BCUT2D eigenvalue weighted by Crippen LogP contribution is -2.26. The highest BCUT2D eigenvalue weighted by Gasteiger charge is 2.24. The molecular formula is C19H22ClN3O2S. The molecule has 0 amide bonds. The van der Waals surface area contributed by atoms with Crippen molar-refractivity contribution in [2.45, 2.75) is 24.5 Å². The van der Waals surface area contributed by atoms with E-state index in [9.17, 15) is 8.42 Å². The summed E-state index contributed by atoms with van der Waals surface area (Å²) in [6.45, 7) is 1.93. The number of fused-ring (bicyclic) bond motifs is 1. The van der Waals surface area contributed by atoms with Crippen molar-refractivity contribution < 1.29 is 8.42 Å². The number of rotatable bonds is 4. The van der Waals surface area contributed by atoms with Crippen molar-refractivity contribution in [3.8, 4) is 0 Å². The zero-order valence-electron chi connectivity index (χ0n) is 14.3. The van der Waals surface area contributed by atoms with E-state index in [0.29, 0.717) is 5.92 Å². The number of hydrogen-bond donors (Lipinski definition) is 1. The van der Waals surface area contributed by atoms with Gasteiger partial charge in [0.15, 0.2) is 0 Å². The molecule has 0 atom stereocenters. The monoisotopic (exact) mass is 391 g/mol. The van der Waals surface area contributed by atoms with Gasteiger partial charge in [0.25, 0.3) is 0 Å². The number of hydrogen-bond acceptors (Lipinski definition) is 4. The molecule has 1 aliphatic heterocycles. The van der Waals surface area contributed by atoms with E-state index < -0.39 is 10.0 Å². The number of pyridine rings is 1. The first-order chi connectivity index (χ1) is 12.1. The highest BCUT2D eigenvalue weighted by Crippen LogP contribution is 2.33. The molecule has 1 fully saturated rings. The molecule has 26 heavy (non-hydrogen) atoms. The average molecular weight is 392 g/mol. The van der Waals surface area contributed by atoms with Gasteiger partial charge in [0.05, 0.1) is 11.3 Å². The van der Waals surface area contributed by atoms with Crippen molar-refractivity contribution >= 4 is 33.3 Å². The minimum Gasteiger partial charge on any atom is -0.317 e. The molecule has 3 heterocycles. The van der Waals surface area contributed by atoms with Gasteiger partial charge in [0.1, 0.15) is 0 Å². The van der Waals surface area contributed by atoms with Gasteiger partial charge in [-0.2, -0.15) is 0 Å². The molecule has 1 saturated heterocycles. The standard InChI is InChI=1S/C19H21N3O2S.ClH/c23-25(24,14-15-4-2-1-3-5-15)22-13-18(16-6-9-20-10-7-16)17-12-21-11-8-19(17)22;/h1-5,8,11-13,16,20H,6-7,9-10,14H2;1H. The normalized spacial score (nSPS) is 15.7. The molecule has 7 heteroatoms. The van der Waals surface area contributed by atoms with E-state index in [2.05, 4.69) is 10.3 Å². The van der Waals surface area contributed by atoms with Gasteiger partial charge in [-0.25, -0.2) is 12.4 Å². The van der Waals surface area contributed by atoms with E-state index in [1.807, 2.05) is 36.5 Å². The SMILES string of the molecule is Cl.O=S(=O)(Cc1ccccc1)n1cc(C2CCNCC2)c2cnccc21. The summed E-state index contributed by atoms with van der Waals surface area (Å²) in [6, 6.07) is 11.1. The molecule has 1 aromatic carbocycles. The maximum atomic E-state index is 13.0. The fourth-order valence-electron chi connectivity index (χ4n) is 3.61. The molecule has 1 aliphatic rings. The maximum Gasteiger partial charge on any atom is 0.243 e. The van der Waals surface area contributed by atoms with Gasteiger partial charge >= 0.3 is 0 Å². The summed E-state index contributed by atoms with van der Waals surface area (Å²) in [6.07, 6.45) is 7.31. The third kappa shape index (κ3) is 3.63. The van der Waals surface area contributed by atoms with Gasteiger partial charge in [0, 0.05) is 24.0 Å². The number of piperidine rings is 1. The van der Waals surface area contributed by atoms with Crippen LogP contribution in [-0.4, -0.2) is 30.5 Å². The molecule has 0 aliphatic carbocycles. The Labute approximate surface area is 159 Å². The number of benzene rings is 1. The van der Waals surface area contributed by atoms with Crippen LogP contribution in [0.4, 0.5) is 0 Å². The van der Waals surface area contributed by atoms with Gasteiger partial charge in [-0.15, -0.1) is 12.4 Å². The van der Waals surface area contributed by atoms with Crippen LogP contribution in [0.1, 0.15) is 29.9 Å². The molecular weight excluding hydrogens is 370 g/mol. The lowest BCUT2D eigenvalue weighted by molar-refractivity contribution is 0.462. The Kier molecular flexibility index (Phi) is 5.65. The highest BCUT2D eigenvalue weighted by atomic mass is 35.5. The summed E-state index contributed by atoms with van der Waals surface area (Å²) in [5, 5.41) is 4.31. The van der Waals surface area contributed by atoms with Crippen LogP contribution in [-0.2, 0) is 15.8 Å². The van der Waals surface area contributed by atoms with Gasteiger partial charge in [0.2, 0.25) is 10.0 Å². The minimum absolute atomic E-state index is 0. The lowest BCUT2D eigenvalue weighted by atomic mass is 9.90. The van der Waals surface area contributed by atoms with Crippen molar-refractivity contribution in [3.63, 3.8) is 0 Å². The van der Waals surface area contributed by atoms with Crippen molar-refractivity contribution in [2.24, 2.45) is 0 Å². The second kappa shape index (κ2) is 7.78. The summed E-state index contributed by atoms with van der Waals surface area (Å²) in [4.78, 5) is 4.22. The Bertz CT molecular complexity index is 980. The molecule has 3 aromatic rings. The van der Waals surface area contributed by atoms with Gasteiger partial charge in [-0.1, -0.05) is 30.3 Å².